The van der Waals surface area contributed by atoms with Gasteiger partial charge in [-0.3, -0.25) is 9.69 Å². The highest BCUT2D eigenvalue weighted by Gasteiger charge is 2.19. The quantitative estimate of drug-likeness (QED) is 0.507. The number of carbonyl (C=O) groups excluding carboxylic acids is 1. The molecule has 0 spiro atoms. The Morgan fingerprint density at radius 1 is 1.13 bits per heavy atom. The van der Waals surface area contributed by atoms with Crippen LogP contribution in [0.5, 0.6) is 0 Å². The van der Waals surface area contributed by atoms with Crippen LogP contribution < -0.4 is 5.32 Å². The molecule has 0 saturated carbocycles. The first-order valence-electron chi connectivity index (χ1n) is 10.5. The number of carbonyl (C=O) groups is 1. The second kappa shape index (κ2) is 10.8. The standard InChI is InChI=1S/C24H27F2N3O2/c1-3-29(4-2)21(17-8-6-5-7-9-17)15-27-23(30)12-13-24-28-16-22(31-24)19-11-10-18(25)14-20(19)26/h5-11,14,16,21H,3-4,12-13,15H2,1-2H3,(H,27,30). The molecule has 0 saturated heterocycles. The van der Waals surface area contributed by atoms with E-state index in [9.17, 15) is 13.6 Å². The van der Waals surface area contributed by atoms with Gasteiger partial charge >= 0.3 is 0 Å². The summed E-state index contributed by atoms with van der Waals surface area (Å²) in [7, 11) is 0. The van der Waals surface area contributed by atoms with Crippen molar-refractivity contribution in [3.05, 3.63) is 77.8 Å². The number of likely N-dealkylation sites (N-methyl/N-ethyl adjacent to an activating group) is 1. The van der Waals surface area contributed by atoms with Gasteiger partial charge in [0, 0.05) is 25.5 Å². The van der Waals surface area contributed by atoms with Gasteiger partial charge in [-0.05, 0) is 30.8 Å². The van der Waals surface area contributed by atoms with E-state index in [2.05, 4.69) is 41.2 Å². The molecular formula is C24H27F2N3O2. The van der Waals surface area contributed by atoms with Gasteiger partial charge in [0.25, 0.3) is 0 Å². The van der Waals surface area contributed by atoms with E-state index >= 15 is 0 Å². The molecule has 1 unspecified atom stereocenters. The van der Waals surface area contributed by atoms with Gasteiger partial charge in [0.2, 0.25) is 5.91 Å². The number of amides is 1. The molecular weight excluding hydrogens is 400 g/mol. The average Bonchev–Trinajstić information content (AvgIpc) is 3.24. The van der Waals surface area contributed by atoms with Crippen LogP contribution in [0.3, 0.4) is 0 Å². The molecule has 3 rings (SSSR count). The Hall–Kier alpha value is -3.06. The van der Waals surface area contributed by atoms with Gasteiger partial charge in [0.15, 0.2) is 11.7 Å². The highest BCUT2D eigenvalue weighted by Crippen LogP contribution is 2.24. The zero-order valence-electron chi connectivity index (χ0n) is 17.8. The lowest BCUT2D eigenvalue weighted by atomic mass is 10.0. The fourth-order valence-corrected chi connectivity index (χ4v) is 3.56. The topological polar surface area (TPSA) is 58.4 Å². The van der Waals surface area contributed by atoms with Gasteiger partial charge in [0.05, 0.1) is 17.8 Å². The molecule has 1 aromatic heterocycles. The highest BCUT2D eigenvalue weighted by molar-refractivity contribution is 5.76. The summed E-state index contributed by atoms with van der Waals surface area (Å²) in [5.41, 5.74) is 1.29. The Morgan fingerprint density at radius 3 is 2.55 bits per heavy atom. The Kier molecular flexibility index (Phi) is 7.89. The molecule has 31 heavy (non-hydrogen) atoms. The number of benzene rings is 2. The third-order valence-electron chi connectivity index (χ3n) is 5.25. The van der Waals surface area contributed by atoms with Crippen LogP contribution in [-0.2, 0) is 11.2 Å². The van der Waals surface area contributed by atoms with Crippen LogP contribution in [0, 0.1) is 11.6 Å². The van der Waals surface area contributed by atoms with Crippen molar-refractivity contribution >= 4 is 5.91 Å². The van der Waals surface area contributed by atoms with Gasteiger partial charge in [-0.25, -0.2) is 13.8 Å². The number of nitrogens with one attached hydrogen (secondary N) is 1. The molecule has 0 fully saturated rings. The van der Waals surface area contributed by atoms with Crippen molar-refractivity contribution in [1.82, 2.24) is 15.2 Å². The number of aromatic nitrogens is 1. The molecule has 0 aliphatic carbocycles. The fraction of sp³-hybridized carbons (Fsp3) is 0.333. The van der Waals surface area contributed by atoms with Crippen molar-refractivity contribution in [3.63, 3.8) is 0 Å². The smallest absolute Gasteiger partial charge is 0.220 e. The molecule has 2 aromatic carbocycles. The number of halogens is 2. The molecule has 1 amide bonds. The number of aryl methyl sites for hydroxylation is 1. The van der Waals surface area contributed by atoms with Crippen LogP contribution in [0.4, 0.5) is 8.78 Å². The molecule has 3 aromatic rings. The van der Waals surface area contributed by atoms with Crippen LogP contribution in [0.25, 0.3) is 11.3 Å². The van der Waals surface area contributed by atoms with E-state index in [1.807, 2.05) is 18.2 Å². The summed E-state index contributed by atoms with van der Waals surface area (Å²) in [6.07, 6.45) is 1.87. The van der Waals surface area contributed by atoms with Crippen molar-refractivity contribution in [2.45, 2.75) is 32.7 Å². The van der Waals surface area contributed by atoms with Gasteiger partial charge in [-0.1, -0.05) is 44.2 Å². The third-order valence-corrected chi connectivity index (χ3v) is 5.25. The van der Waals surface area contributed by atoms with E-state index in [-0.39, 0.29) is 36.1 Å². The summed E-state index contributed by atoms with van der Waals surface area (Å²) in [4.78, 5) is 18.8. The Morgan fingerprint density at radius 2 is 1.87 bits per heavy atom. The first-order chi connectivity index (χ1) is 15.0. The van der Waals surface area contributed by atoms with E-state index in [0.717, 1.165) is 30.8 Å². The molecule has 1 atom stereocenters. The van der Waals surface area contributed by atoms with Crippen molar-refractivity contribution < 1.29 is 18.0 Å². The molecule has 0 bridgehead atoms. The Balaban J connectivity index is 1.56. The van der Waals surface area contributed by atoms with E-state index < -0.39 is 11.6 Å². The monoisotopic (exact) mass is 427 g/mol. The lowest BCUT2D eigenvalue weighted by Crippen LogP contribution is -2.38. The zero-order chi connectivity index (χ0) is 22.2. The maximum atomic E-state index is 13.9. The average molecular weight is 427 g/mol. The number of hydrogen-bond donors (Lipinski definition) is 1. The molecule has 0 aliphatic rings. The predicted molar refractivity (Wildman–Crippen MR) is 115 cm³/mol. The Labute approximate surface area is 181 Å². The second-order valence-electron chi connectivity index (χ2n) is 7.19. The number of hydrogen-bond acceptors (Lipinski definition) is 4. The summed E-state index contributed by atoms with van der Waals surface area (Å²) in [6.45, 7) is 6.47. The minimum Gasteiger partial charge on any atom is -0.441 e. The first kappa shape index (κ1) is 22.6. The molecule has 164 valence electrons. The van der Waals surface area contributed by atoms with Gasteiger partial charge in [-0.15, -0.1) is 0 Å². The number of nitrogens with zero attached hydrogens (tertiary/aromatic N) is 2. The van der Waals surface area contributed by atoms with E-state index in [1.54, 1.807) is 0 Å². The van der Waals surface area contributed by atoms with Gasteiger partial charge < -0.3 is 9.73 Å². The summed E-state index contributed by atoms with van der Waals surface area (Å²) < 4.78 is 32.5. The zero-order valence-corrected chi connectivity index (χ0v) is 17.8. The summed E-state index contributed by atoms with van der Waals surface area (Å²) >= 11 is 0. The van der Waals surface area contributed by atoms with Crippen LogP contribution in [0.1, 0.15) is 37.8 Å². The number of rotatable bonds is 10. The van der Waals surface area contributed by atoms with Gasteiger partial charge in [0.1, 0.15) is 11.6 Å². The second-order valence-corrected chi connectivity index (χ2v) is 7.19. The van der Waals surface area contributed by atoms with Crippen LogP contribution in [-0.4, -0.2) is 35.4 Å². The van der Waals surface area contributed by atoms with E-state index in [0.29, 0.717) is 12.4 Å². The van der Waals surface area contributed by atoms with Crippen LogP contribution in [0.15, 0.2) is 59.1 Å². The molecule has 0 radical (unpaired) electrons. The van der Waals surface area contributed by atoms with Crippen molar-refractivity contribution in [1.29, 1.82) is 0 Å². The lowest BCUT2D eigenvalue weighted by Gasteiger charge is -2.30. The minimum atomic E-state index is -0.719. The molecule has 1 N–H and O–H groups in total. The minimum absolute atomic E-state index is 0.0925. The highest BCUT2D eigenvalue weighted by atomic mass is 19.1. The first-order valence-corrected chi connectivity index (χ1v) is 10.5. The van der Waals surface area contributed by atoms with Crippen molar-refractivity contribution in [2.24, 2.45) is 0 Å². The molecule has 7 heteroatoms. The van der Waals surface area contributed by atoms with Crippen LogP contribution in [0.2, 0.25) is 0 Å². The van der Waals surface area contributed by atoms with E-state index in [1.165, 1.54) is 12.3 Å². The number of oxazole rings is 1. The molecule has 0 aliphatic heterocycles. The Bertz CT molecular complexity index is 987. The largest absolute Gasteiger partial charge is 0.441 e. The van der Waals surface area contributed by atoms with Crippen LogP contribution >= 0.6 is 0 Å². The maximum Gasteiger partial charge on any atom is 0.220 e. The van der Waals surface area contributed by atoms with Gasteiger partial charge in [-0.2, -0.15) is 0 Å². The van der Waals surface area contributed by atoms with Crippen molar-refractivity contribution in [3.8, 4) is 11.3 Å². The van der Waals surface area contributed by atoms with Crippen molar-refractivity contribution in [2.75, 3.05) is 19.6 Å². The maximum absolute atomic E-state index is 13.9. The fourth-order valence-electron chi connectivity index (χ4n) is 3.56. The summed E-state index contributed by atoms with van der Waals surface area (Å²) in [5.74, 6) is -0.948. The summed E-state index contributed by atoms with van der Waals surface area (Å²) in [6, 6.07) is 13.5. The predicted octanol–water partition coefficient (Wildman–Crippen LogP) is 4.75. The molecule has 1 heterocycles. The molecule has 5 nitrogen and oxygen atoms in total. The lowest BCUT2D eigenvalue weighted by molar-refractivity contribution is -0.121. The normalized spacial score (nSPS) is 12.2. The summed E-state index contributed by atoms with van der Waals surface area (Å²) in [5, 5.41) is 3.00. The SMILES string of the molecule is CCN(CC)C(CNC(=O)CCc1ncc(-c2ccc(F)cc2F)o1)c1ccccc1. The third kappa shape index (κ3) is 5.98. The van der Waals surface area contributed by atoms with E-state index in [4.69, 9.17) is 4.42 Å².